The first-order valence-electron chi connectivity index (χ1n) is 4.79. The molecule has 0 spiro atoms. The van der Waals surface area contributed by atoms with E-state index >= 15 is 0 Å². The van der Waals surface area contributed by atoms with E-state index in [9.17, 15) is 4.79 Å². The number of aromatic nitrogens is 1. The maximum atomic E-state index is 12.1. The van der Waals surface area contributed by atoms with Crippen LogP contribution in [-0.2, 0) is 0 Å². The normalized spacial score (nSPS) is 10.2. The fraction of sp³-hybridized carbons (Fsp3) is 0. The van der Waals surface area contributed by atoms with Crippen LogP contribution in [0.15, 0.2) is 36.7 Å². The van der Waals surface area contributed by atoms with Crippen LogP contribution in [0.25, 0.3) is 0 Å². The molecule has 0 amide bonds. The summed E-state index contributed by atoms with van der Waals surface area (Å²) in [5.74, 6) is -0.228. The molecule has 1 aromatic heterocycles. The topological polar surface area (TPSA) is 56.0 Å². The van der Waals surface area contributed by atoms with Crippen molar-refractivity contribution >= 4 is 34.7 Å². The number of hydrogen-bond donors (Lipinski definition) is 1. The SMILES string of the molecule is Nc1ccncc1C(=O)c1ccc(Cl)c(Cl)c1. The third-order valence-electron chi connectivity index (χ3n) is 2.28. The second-order valence-electron chi connectivity index (χ2n) is 3.42. The van der Waals surface area contributed by atoms with Crippen LogP contribution in [0.4, 0.5) is 5.69 Å². The minimum absolute atomic E-state index is 0.228. The van der Waals surface area contributed by atoms with Crippen molar-refractivity contribution in [3.05, 3.63) is 57.8 Å². The molecule has 0 atom stereocenters. The lowest BCUT2D eigenvalue weighted by Gasteiger charge is -2.04. The van der Waals surface area contributed by atoms with Gasteiger partial charge in [-0.15, -0.1) is 0 Å². The van der Waals surface area contributed by atoms with Crippen molar-refractivity contribution in [2.45, 2.75) is 0 Å². The van der Waals surface area contributed by atoms with Gasteiger partial charge in [0.1, 0.15) is 0 Å². The van der Waals surface area contributed by atoms with Crippen molar-refractivity contribution < 1.29 is 4.79 Å². The van der Waals surface area contributed by atoms with E-state index in [-0.39, 0.29) is 5.78 Å². The number of carbonyl (C=O) groups excluding carboxylic acids is 1. The Bertz CT molecular complexity index is 584. The molecule has 0 fully saturated rings. The molecule has 5 heteroatoms. The highest BCUT2D eigenvalue weighted by Crippen LogP contribution is 2.24. The zero-order valence-electron chi connectivity index (χ0n) is 8.65. The molecule has 0 bridgehead atoms. The third-order valence-corrected chi connectivity index (χ3v) is 3.02. The van der Waals surface area contributed by atoms with Crippen LogP contribution in [0.5, 0.6) is 0 Å². The fourth-order valence-electron chi connectivity index (χ4n) is 1.39. The molecule has 17 heavy (non-hydrogen) atoms. The van der Waals surface area contributed by atoms with E-state index in [1.54, 1.807) is 18.2 Å². The molecule has 0 saturated heterocycles. The number of anilines is 1. The van der Waals surface area contributed by atoms with Crippen LogP contribution in [0, 0.1) is 0 Å². The molecule has 0 unspecified atom stereocenters. The van der Waals surface area contributed by atoms with Gasteiger partial charge in [-0.3, -0.25) is 9.78 Å². The van der Waals surface area contributed by atoms with E-state index in [1.807, 2.05) is 0 Å². The van der Waals surface area contributed by atoms with E-state index in [0.29, 0.717) is 26.9 Å². The molecule has 0 saturated carbocycles. The summed E-state index contributed by atoms with van der Waals surface area (Å²) in [7, 11) is 0. The molecular formula is C12H8Cl2N2O. The van der Waals surface area contributed by atoms with Crippen molar-refractivity contribution in [1.29, 1.82) is 0 Å². The summed E-state index contributed by atoms with van der Waals surface area (Å²) < 4.78 is 0. The molecule has 2 N–H and O–H groups in total. The average molecular weight is 267 g/mol. The number of halogens is 2. The van der Waals surface area contributed by atoms with Gasteiger partial charge in [0, 0.05) is 23.6 Å². The van der Waals surface area contributed by atoms with Gasteiger partial charge in [0.25, 0.3) is 0 Å². The minimum Gasteiger partial charge on any atom is -0.398 e. The number of carbonyl (C=O) groups is 1. The molecule has 1 heterocycles. The highest BCUT2D eigenvalue weighted by atomic mass is 35.5. The van der Waals surface area contributed by atoms with Crippen LogP contribution in [-0.4, -0.2) is 10.8 Å². The molecule has 86 valence electrons. The summed E-state index contributed by atoms with van der Waals surface area (Å²) in [6, 6.07) is 6.26. The zero-order chi connectivity index (χ0) is 12.4. The zero-order valence-corrected chi connectivity index (χ0v) is 10.2. The Kier molecular flexibility index (Phi) is 3.31. The second kappa shape index (κ2) is 4.73. The molecule has 0 aliphatic rings. The minimum atomic E-state index is -0.228. The summed E-state index contributed by atoms with van der Waals surface area (Å²) in [5, 5.41) is 0.738. The van der Waals surface area contributed by atoms with Crippen molar-refractivity contribution in [2.24, 2.45) is 0 Å². The first kappa shape index (κ1) is 11.9. The number of nitrogens with two attached hydrogens (primary N) is 1. The number of nitrogen functional groups attached to an aromatic ring is 1. The highest BCUT2D eigenvalue weighted by molar-refractivity contribution is 6.42. The van der Waals surface area contributed by atoms with E-state index in [0.717, 1.165) is 0 Å². The van der Waals surface area contributed by atoms with E-state index in [4.69, 9.17) is 28.9 Å². The van der Waals surface area contributed by atoms with Crippen LogP contribution >= 0.6 is 23.2 Å². The number of benzene rings is 1. The van der Waals surface area contributed by atoms with E-state index < -0.39 is 0 Å². The Morgan fingerprint density at radius 2 is 1.94 bits per heavy atom. The molecule has 2 aromatic rings. The highest BCUT2D eigenvalue weighted by Gasteiger charge is 2.13. The van der Waals surface area contributed by atoms with Crippen LogP contribution in [0.2, 0.25) is 10.0 Å². The lowest BCUT2D eigenvalue weighted by atomic mass is 10.0. The maximum absolute atomic E-state index is 12.1. The number of pyridine rings is 1. The van der Waals surface area contributed by atoms with Gasteiger partial charge in [-0.05, 0) is 24.3 Å². The van der Waals surface area contributed by atoms with Crippen molar-refractivity contribution in [3.63, 3.8) is 0 Å². The van der Waals surface area contributed by atoms with Gasteiger partial charge < -0.3 is 5.73 Å². The Labute approximate surface area is 108 Å². The molecule has 0 radical (unpaired) electrons. The second-order valence-corrected chi connectivity index (χ2v) is 4.24. The third kappa shape index (κ3) is 2.40. The quantitative estimate of drug-likeness (QED) is 0.850. The lowest BCUT2D eigenvalue weighted by Crippen LogP contribution is -2.05. The monoisotopic (exact) mass is 266 g/mol. The summed E-state index contributed by atoms with van der Waals surface area (Å²) in [6.07, 6.45) is 2.96. The lowest BCUT2D eigenvalue weighted by molar-refractivity contribution is 0.103. The largest absolute Gasteiger partial charge is 0.398 e. The number of ketones is 1. The average Bonchev–Trinajstić information content (AvgIpc) is 2.32. The molecule has 1 aromatic carbocycles. The van der Waals surface area contributed by atoms with Gasteiger partial charge in [0.2, 0.25) is 0 Å². The Morgan fingerprint density at radius 3 is 2.59 bits per heavy atom. The first-order chi connectivity index (χ1) is 8.09. The Hall–Kier alpha value is -1.58. The molecular weight excluding hydrogens is 259 g/mol. The summed E-state index contributed by atoms with van der Waals surface area (Å²) in [6.45, 7) is 0. The van der Waals surface area contributed by atoms with Crippen molar-refractivity contribution in [2.75, 3.05) is 5.73 Å². The maximum Gasteiger partial charge on any atom is 0.196 e. The van der Waals surface area contributed by atoms with Gasteiger partial charge in [-0.25, -0.2) is 0 Å². The van der Waals surface area contributed by atoms with Crippen molar-refractivity contribution in [1.82, 2.24) is 4.98 Å². The standard InChI is InChI=1S/C12H8Cl2N2O/c13-9-2-1-7(5-10(9)14)12(17)8-6-16-4-3-11(8)15/h1-6H,(H2,15,16). The first-order valence-corrected chi connectivity index (χ1v) is 5.54. The van der Waals surface area contributed by atoms with Gasteiger partial charge in [-0.2, -0.15) is 0 Å². The molecule has 3 nitrogen and oxygen atoms in total. The van der Waals surface area contributed by atoms with Gasteiger partial charge in [0.15, 0.2) is 5.78 Å². The molecule has 0 aliphatic heterocycles. The smallest absolute Gasteiger partial charge is 0.196 e. The number of rotatable bonds is 2. The van der Waals surface area contributed by atoms with Crippen LogP contribution in [0.1, 0.15) is 15.9 Å². The fourth-order valence-corrected chi connectivity index (χ4v) is 1.69. The summed E-state index contributed by atoms with van der Waals surface area (Å²) >= 11 is 11.6. The Balaban J connectivity index is 2.44. The van der Waals surface area contributed by atoms with E-state index in [1.165, 1.54) is 18.5 Å². The van der Waals surface area contributed by atoms with Gasteiger partial charge in [-0.1, -0.05) is 23.2 Å². The Morgan fingerprint density at radius 1 is 1.18 bits per heavy atom. The van der Waals surface area contributed by atoms with Crippen LogP contribution < -0.4 is 5.73 Å². The van der Waals surface area contributed by atoms with Gasteiger partial charge in [0.05, 0.1) is 15.6 Å². The molecule has 0 aliphatic carbocycles. The predicted molar refractivity (Wildman–Crippen MR) is 68.5 cm³/mol. The van der Waals surface area contributed by atoms with Crippen molar-refractivity contribution in [3.8, 4) is 0 Å². The number of nitrogens with zero attached hydrogens (tertiary/aromatic N) is 1. The number of hydrogen-bond acceptors (Lipinski definition) is 3. The summed E-state index contributed by atoms with van der Waals surface area (Å²) in [4.78, 5) is 16.0. The molecule has 2 rings (SSSR count). The van der Waals surface area contributed by atoms with Crippen LogP contribution in [0.3, 0.4) is 0 Å². The predicted octanol–water partition coefficient (Wildman–Crippen LogP) is 3.20. The van der Waals surface area contributed by atoms with E-state index in [2.05, 4.69) is 4.98 Å². The van der Waals surface area contributed by atoms with Gasteiger partial charge >= 0.3 is 0 Å². The summed E-state index contributed by atoms with van der Waals surface area (Å²) in [5.41, 5.74) is 6.87.